The Morgan fingerprint density at radius 1 is 1.07 bits per heavy atom. The van der Waals surface area contributed by atoms with Gasteiger partial charge in [0.05, 0.1) is 0 Å². The van der Waals surface area contributed by atoms with Gasteiger partial charge in [-0.2, -0.15) is 11.8 Å². The molecule has 1 atom stereocenters. The highest BCUT2D eigenvalue weighted by Gasteiger charge is 2.29. The highest BCUT2D eigenvalue weighted by Crippen LogP contribution is 2.44. The molecule has 3 rings (SSSR count). The van der Waals surface area contributed by atoms with Crippen LogP contribution >= 0.6 is 11.8 Å². The van der Waals surface area contributed by atoms with E-state index in [1.165, 1.54) is 11.8 Å². The van der Waals surface area contributed by atoms with Crippen molar-refractivity contribution in [1.29, 1.82) is 0 Å². The first kappa shape index (κ1) is 21.7. The molecule has 0 saturated carbocycles. The summed E-state index contributed by atoms with van der Waals surface area (Å²) in [6, 6.07) is 15.0. The topological polar surface area (TPSA) is 105 Å². The second-order valence-corrected chi connectivity index (χ2v) is 7.90. The number of carboxylic acids is 1. The van der Waals surface area contributed by atoms with Gasteiger partial charge in [-0.1, -0.05) is 48.5 Å². The summed E-state index contributed by atoms with van der Waals surface area (Å²) in [6.45, 7) is -0.202. The lowest BCUT2D eigenvalue weighted by molar-refractivity contribution is -0.141. The molecule has 7 nitrogen and oxygen atoms in total. The Balaban J connectivity index is 1.52. The van der Waals surface area contributed by atoms with Crippen molar-refractivity contribution in [1.82, 2.24) is 10.6 Å². The summed E-state index contributed by atoms with van der Waals surface area (Å²) in [5, 5.41) is 13.9. The molecule has 2 aromatic carbocycles. The molecule has 0 aromatic heterocycles. The van der Waals surface area contributed by atoms with Crippen molar-refractivity contribution >= 4 is 29.7 Å². The van der Waals surface area contributed by atoms with Gasteiger partial charge in [0.2, 0.25) is 5.91 Å². The summed E-state index contributed by atoms with van der Waals surface area (Å²) in [7, 11) is 0. The Morgan fingerprint density at radius 2 is 1.67 bits per heavy atom. The van der Waals surface area contributed by atoms with Gasteiger partial charge in [-0.25, -0.2) is 9.59 Å². The van der Waals surface area contributed by atoms with E-state index in [-0.39, 0.29) is 19.1 Å². The molecule has 2 amide bonds. The number of carbonyl (C=O) groups excluding carboxylic acids is 2. The van der Waals surface area contributed by atoms with Crippen molar-refractivity contribution in [2.75, 3.05) is 25.2 Å². The highest BCUT2D eigenvalue weighted by atomic mass is 32.2. The van der Waals surface area contributed by atoms with Crippen LogP contribution in [0.4, 0.5) is 4.79 Å². The standard InChI is InChI=1S/C22H24N2O5S/c1-30-11-10-19(21(26)27)24-20(25)12-23-22(28)29-13-18-16-8-4-2-6-14(16)15-7-3-5-9-17(15)18/h2-9,18-19H,10-13H2,1H3,(H,23,28)(H,24,25)(H,26,27)/t19-/m1/s1. The smallest absolute Gasteiger partial charge is 0.407 e. The number of hydrogen-bond donors (Lipinski definition) is 3. The van der Waals surface area contributed by atoms with Gasteiger partial charge in [-0.05, 0) is 40.7 Å². The van der Waals surface area contributed by atoms with E-state index in [0.717, 1.165) is 22.3 Å². The molecular formula is C22H24N2O5S. The first-order chi connectivity index (χ1) is 14.5. The minimum absolute atomic E-state index is 0.0695. The summed E-state index contributed by atoms with van der Waals surface area (Å²) in [5.74, 6) is -1.13. The number of fused-ring (bicyclic) bond motifs is 3. The Hall–Kier alpha value is -3.00. The first-order valence-corrected chi connectivity index (χ1v) is 11.0. The largest absolute Gasteiger partial charge is 0.480 e. The van der Waals surface area contributed by atoms with E-state index in [9.17, 15) is 14.4 Å². The van der Waals surface area contributed by atoms with Crippen LogP contribution in [-0.4, -0.2) is 54.3 Å². The molecule has 30 heavy (non-hydrogen) atoms. The van der Waals surface area contributed by atoms with E-state index in [2.05, 4.69) is 22.8 Å². The highest BCUT2D eigenvalue weighted by molar-refractivity contribution is 7.98. The molecule has 0 radical (unpaired) electrons. The normalized spacial score (nSPS) is 13.1. The van der Waals surface area contributed by atoms with Crippen LogP contribution in [0.5, 0.6) is 0 Å². The second-order valence-electron chi connectivity index (χ2n) is 6.92. The number of benzene rings is 2. The molecule has 0 bridgehead atoms. The molecule has 0 spiro atoms. The quantitative estimate of drug-likeness (QED) is 0.567. The summed E-state index contributed by atoms with van der Waals surface area (Å²) in [6.07, 6.45) is 1.45. The predicted molar refractivity (Wildman–Crippen MR) is 116 cm³/mol. The Kier molecular flexibility index (Phi) is 7.35. The van der Waals surface area contributed by atoms with Crippen molar-refractivity contribution in [2.24, 2.45) is 0 Å². The molecule has 0 heterocycles. The van der Waals surface area contributed by atoms with Gasteiger partial charge in [0.15, 0.2) is 0 Å². The molecule has 3 N–H and O–H groups in total. The number of ether oxygens (including phenoxy) is 1. The zero-order chi connectivity index (χ0) is 21.5. The first-order valence-electron chi connectivity index (χ1n) is 9.61. The van der Waals surface area contributed by atoms with Crippen molar-refractivity contribution in [3.8, 4) is 11.1 Å². The van der Waals surface area contributed by atoms with Gasteiger partial charge in [0, 0.05) is 5.92 Å². The number of aliphatic carboxylic acids is 1. The zero-order valence-corrected chi connectivity index (χ0v) is 17.4. The van der Waals surface area contributed by atoms with Crippen LogP contribution in [0, 0.1) is 0 Å². The summed E-state index contributed by atoms with van der Waals surface area (Å²) >= 11 is 1.50. The number of carbonyl (C=O) groups is 3. The second kappa shape index (κ2) is 10.2. The maximum absolute atomic E-state index is 12.1. The van der Waals surface area contributed by atoms with Crippen molar-refractivity contribution in [2.45, 2.75) is 18.4 Å². The number of nitrogens with one attached hydrogen (secondary N) is 2. The summed E-state index contributed by atoms with van der Waals surface area (Å²) in [5.41, 5.74) is 4.46. The van der Waals surface area contributed by atoms with Gasteiger partial charge < -0.3 is 20.5 Å². The van der Waals surface area contributed by atoms with Crippen LogP contribution in [-0.2, 0) is 14.3 Å². The molecule has 158 valence electrons. The van der Waals surface area contributed by atoms with Crippen LogP contribution in [0.2, 0.25) is 0 Å². The fraction of sp³-hybridized carbons (Fsp3) is 0.318. The molecule has 2 aromatic rings. The van der Waals surface area contributed by atoms with E-state index >= 15 is 0 Å². The monoisotopic (exact) mass is 428 g/mol. The number of rotatable bonds is 9. The van der Waals surface area contributed by atoms with Gasteiger partial charge in [0.25, 0.3) is 0 Å². The number of thioether (sulfide) groups is 1. The number of alkyl carbamates (subject to hydrolysis) is 1. The van der Waals surface area contributed by atoms with Gasteiger partial charge in [0.1, 0.15) is 19.2 Å². The van der Waals surface area contributed by atoms with E-state index in [0.29, 0.717) is 12.2 Å². The molecule has 1 aliphatic rings. The lowest BCUT2D eigenvalue weighted by atomic mass is 9.98. The van der Waals surface area contributed by atoms with Crippen LogP contribution in [0.3, 0.4) is 0 Å². The SMILES string of the molecule is CSCC[C@@H](NC(=O)CNC(=O)OCC1c2ccccc2-c2ccccc21)C(=O)O. The molecule has 0 fully saturated rings. The third kappa shape index (κ3) is 5.13. The molecular weight excluding hydrogens is 404 g/mol. The van der Waals surface area contributed by atoms with E-state index < -0.39 is 24.0 Å². The average molecular weight is 429 g/mol. The third-order valence-electron chi connectivity index (χ3n) is 4.98. The van der Waals surface area contributed by atoms with Crippen LogP contribution in [0.15, 0.2) is 48.5 Å². The number of carboxylic acid groups (broad SMARTS) is 1. The Morgan fingerprint density at radius 3 is 2.23 bits per heavy atom. The maximum Gasteiger partial charge on any atom is 0.407 e. The van der Waals surface area contributed by atoms with Gasteiger partial charge in [-0.15, -0.1) is 0 Å². The van der Waals surface area contributed by atoms with E-state index in [1.807, 2.05) is 42.7 Å². The van der Waals surface area contributed by atoms with Crippen LogP contribution < -0.4 is 10.6 Å². The Labute approximate surface area is 179 Å². The summed E-state index contributed by atoms with van der Waals surface area (Å²) < 4.78 is 5.36. The minimum atomic E-state index is -1.10. The lowest BCUT2D eigenvalue weighted by Crippen LogP contribution is -2.45. The van der Waals surface area contributed by atoms with Crippen molar-refractivity contribution in [3.05, 3.63) is 59.7 Å². The molecule has 8 heteroatoms. The molecule has 1 aliphatic carbocycles. The zero-order valence-electron chi connectivity index (χ0n) is 16.6. The molecule has 0 saturated heterocycles. The maximum atomic E-state index is 12.1. The molecule has 0 unspecified atom stereocenters. The number of amides is 2. The van der Waals surface area contributed by atoms with Crippen LogP contribution in [0.1, 0.15) is 23.5 Å². The minimum Gasteiger partial charge on any atom is -0.480 e. The van der Waals surface area contributed by atoms with Crippen LogP contribution in [0.25, 0.3) is 11.1 Å². The summed E-state index contributed by atoms with van der Waals surface area (Å²) in [4.78, 5) is 35.2. The molecule has 0 aliphatic heterocycles. The lowest BCUT2D eigenvalue weighted by Gasteiger charge is -2.16. The van der Waals surface area contributed by atoms with Gasteiger partial charge >= 0.3 is 12.1 Å². The number of hydrogen-bond acceptors (Lipinski definition) is 5. The van der Waals surface area contributed by atoms with Gasteiger partial charge in [-0.3, -0.25) is 4.79 Å². The third-order valence-corrected chi connectivity index (χ3v) is 5.62. The van der Waals surface area contributed by atoms with Crippen molar-refractivity contribution < 1.29 is 24.2 Å². The fourth-order valence-electron chi connectivity index (χ4n) is 3.54. The van der Waals surface area contributed by atoms with Crippen molar-refractivity contribution in [3.63, 3.8) is 0 Å². The Bertz CT molecular complexity index is 888. The fourth-order valence-corrected chi connectivity index (χ4v) is 4.01. The van der Waals surface area contributed by atoms with E-state index in [4.69, 9.17) is 9.84 Å². The van der Waals surface area contributed by atoms with E-state index in [1.54, 1.807) is 0 Å². The predicted octanol–water partition coefficient (Wildman–Crippen LogP) is 2.85. The average Bonchev–Trinajstić information content (AvgIpc) is 3.07.